The minimum absolute atomic E-state index is 0.169. The largest absolute Gasteiger partial charge is 0.375 e. The molecule has 2 N–H and O–H groups in total. The third kappa shape index (κ3) is 6.91. The zero-order chi connectivity index (χ0) is 15.0. The molecule has 116 valence electrons. The molecule has 2 atom stereocenters. The van der Waals surface area contributed by atoms with Crippen molar-refractivity contribution in [3.63, 3.8) is 0 Å². The minimum atomic E-state index is -2.44. The molecule has 0 fully saturated rings. The van der Waals surface area contributed by atoms with Crippen LogP contribution >= 0.6 is 0 Å². The van der Waals surface area contributed by atoms with Crippen LogP contribution in [0, 0.1) is 0 Å². The van der Waals surface area contributed by atoms with Crippen molar-refractivity contribution in [3.05, 3.63) is 11.7 Å². The van der Waals surface area contributed by atoms with Gasteiger partial charge in [-0.1, -0.05) is 18.5 Å². The molecule has 0 spiro atoms. The molecule has 0 aliphatic rings. The van der Waals surface area contributed by atoms with Crippen molar-refractivity contribution in [2.45, 2.75) is 57.9 Å². The Kier molecular flexibility index (Phi) is 7.61. The van der Waals surface area contributed by atoms with Gasteiger partial charge in [-0.2, -0.15) is 4.98 Å². The molecule has 0 aliphatic carbocycles. The summed E-state index contributed by atoms with van der Waals surface area (Å²) >= 11 is 0. The van der Waals surface area contributed by atoms with E-state index in [-0.39, 0.29) is 18.6 Å². The Morgan fingerprint density at radius 3 is 2.70 bits per heavy atom. The number of halogens is 2. The summed E-state index contributed by atoms with van der Waals surface area (Å²) in [4.78, 5) is 4.25. The highest BCUT2D eigenvalue weighted by atomic mass is 19.3. The van der Waals surface area contributed by atoms with Crippen molar-refractivity contribution in [3.8, 4) is 0 Å². The van der Waals surface area contributed by atoms with E-state index in [9.17, 15) is 8.78 Å². The standard InChI is InChI=1S/C13H23F2N3O2/c1-9(4-3-5-10(2)16)13-17-12(18-20-13)6-7-19-8-11(14)15/h9-11H,3-8,16H2,1-2H3. The summed E-state index contributed by atoms with van der Waals surface area (Å²) in [5, 5.41) is 3.82. The Morgan fingerprint density at radius 1 is 1.30 bits per heavy atom. The topological polar surface area (TPSA) is 74.2 Å². The Hall–Kier alpha value is -1.08. The van der Waals surface area contributed by atoms with Gasteiger partial charge in [-0.25, -0.2) is 8.78 Å². The van der Waals surface area contributed by atoms with Crippen molar-refractivity contribution < 1.29 is 18.0 Å². The lowest BCUT2D eigenvalue weighted by atomic mass is 10.0. The van der Waals surface area contributed by atoms with Gasteiger partial charge in [0.2, 0.25) is 5.89 Å². The van der Waals surface area contributed by atoms with Crippen LogP contribution in [0.5, 0.6) is 0 Å². The van der Waals surface area contributed by atoms with Crippen LogP contribution in [-0.4, -0.2) is 35.8 Å². The highest BCUT2D eigenvalue weighted by molar-refractivity contribution is 4.92. The second-order valence-electron chi connectivity index (χ2n) is 5.07. The highest BCUT2D eigenvalue weighted by Gasteiger charge is 2.14. The van der Waals surface area contributed by atoms with Gasteiger partial charge in [0, 0.05) is 18.4 Å². The van der Waals surface area contributed by atoms with Crippen molar-refractivity contribution in [1.82, 2.24) is 10.1 Å². The molecule has 20 heavy (non-hydrogen) atoms. The van der Waals surface area contributed by atoms with Crippen molar-refractivity contribution in [2.75, 3.05) is 13.2 Å². The molecular weight excluding hydrogens is 268 g/mol. The lowest BCUT2D eigenvalue weighted by molar-refractivity contribution is 0.0182. The van der Waals surface area contributed by atoms with E-state index >= 15 is 0 Å². The van der Waals surface area contributed by atoms with Crippen LogP contribution in [0.1, 0.15) is 50.7 Å². The van der Waals surface area contributed by atoms with E-state index in [1.165, 1.54) is 0 Å². The third-order valence-corrected chi connectivity index (χ3v) is 2.92. The summed E-state index contributed by atoms with van der Waals surface area (Å²) in [5.74, 6) is 1.25. The first kappa shape index (κ1) is 17.0. The lowest BCUT2D eigenvalue weighted by Crippen LogP contribution is -2.14. The molecule has 2 unspecified atom stereocenters. The zero-order valence-electron chi connectivity index (χ0n) is 12.0. The summed E-state index contributed by atoms with van der Waals surface area (Å²) in [5.41, 5.74) is 5.69. The SMILES string of the molecule is CC(N)CCCC(C)c1nc(CCOCC(F)F)no1. The maximum Gasteiger partial charge on any atom is 0.261 e. The van der Waals surface area contributed by atoms with E-state index in [0.717, 1.165) is 19.3 Å². The smallest absolute Gasteiger partial charge is 0.261 e. The van der Waals surface area contributed by atoms with E-state index < -0.39 is 13.0 Å². The Balaban J connectivity index is 2.27. The summed E-state index contributed by atoms with van der Waals surface area (Å²) in [6.07, 6.45) is 0.843. The molecule has 0 radical (unpaired) electrons. The fraction of sp³-hybridized carbons (Fsp3) is 0.846. The quantitative estimate of drug-likeness (QED) is 0.670. The number of nitrogens with two attached hydrogens (primary N) is 1. The summed E-state index contributed by atoms with van der Waals surface area (Å²) in [6.45, 7) is 3.61. The van der Waals surface area contributed by atoms with Crippen molar-refractivity contribution in [2.24, 2.45) is 5.73 Å². The normalized spacial score (nSPS) is 14.7. The second-order valence-corrected chi connectivity index (χ2v) is 5.07. The third-order valence-electron chi connectivity index (χ3n) is 2.92. The predicted molar refractivity (Wildman–Crippen MR) is 70.7 cm³/mol. The van der Waals surface area contributed by atoms with E-state index in [0.29, 0.717) is 18.1 Å². The maximum absolute atomic E-state index is 11.9. The van der Waals surface area contributed by atoms with Crippen LogP contribution in [0.4, 0.5) is 8.78 Å². The molecule has 0 aliphatic heterocycles. The van der Waals surface area contributed by atoms with Gasteiger partial charge in [0.25, 0.3) is 6.43 Å². The van der Waals surface area contributed by atoms with Crippen LogP contribution in [0.3, 0.4) is 0 Å². The summed E-state index contributed by atoms with van der Waals surface area (Å²) in [7, 11) is 0. The highest BCUT2D eigenvalue weighted by Crippen LogP contribution is 2.20. The maximum atomic E-state index is 11.9. The van der Waals surface area contributed by atoms with E-state index in [2.05, 4.69) is 10.1 Å². The minimum Gasteiger partial charge on any atom is -0.375 e. The van der Waals surface area contributed by atoms with Gasteiger partial charge in [-0.05, 0) is 19.8 Å². The zero-order valence-corrected chi connectivity index (χ0v) is 12.0. The number of hydrogen-bond acceptors (Lipinski definition) is 5. The predicted octanol–water partition coefficient (Wildman–Crippen LogP) is 2.51. The van der Waals surface area contributed by atoms with Crippen molar-refractivity contribution in [1.29, 1.82) is 0 Å². The van der Waals surface area contributed by atoms with Gasteiger partial charge in [0.05, 0.1) is 6.61 Å². The fourth-order valence-electron chi connectivity index (χ4n) is 1.77. The van der Waals surface area contributed by atoms with Gasteiger partial charge in [0.15, 0.2) is 5.82 Å². The molecule has 5 nitrogen and oxygen atoms in total. The summed E-state index contributed by atoms with van der Waals surface area (Å²) in [6, 6.07) is 0.201. The van der Waals surface area contributed by atoms with E-state index in [1.54, 1.807) is 0 Å². The average Bonchev–Trinajstić information content (AvgIpc) is 2.82. The van der Waals surface area contributed by atoms with Gasteiger partial charge in [-0.3, -0.25) is 0 Å². The number of aromatic nitrogens is 2. The Labute approximate surface area is 117 Å². The van der Waals surface area contributed by atoms with Crippen molar-refractivity contribution >= 4 is 0 Å². The molecule has 0 amide bonds. The molecule has 7 heteroatoms. The van der Waals surface area contributed by atoms with Crippen LogP contribution in [0.25, 0.3) is 0 Å². The van der Waals surface area contributed by atoms with Gasteiger partial charge in [0.1, 0.15) is 6.61 Å². The van der Waals surface area contributed by atoms with E-state index in [4.69, 9.17) is 15.0 Å². The Morgan fingerprint density at radius 2 is 2.05 bits per heavy atom. The first-order valence-corrected chi connectivity index (χ1v) is 6.93. The van der Waals surface area contributed by atoms with E-state index in [1.807, 2.05) is 13.8 Å². The lowest BCUT2D eigenvalue weighted by Gasteiger charge is -2.07. The number of ether oxygens (including phenoxy) is 1. The van der Waals surface area contributed by atoms with Gasteiger partial charge >= 0.3 is 0 Å². The van der Waals surface area contributed by atoms with Crippen LogP contribution in [-0.2, 0) is 11.2 Å². The number of rotatable bonds is 10. The number of hydrogen-bond donors (Lipinski definition) is 1. The average molecular weight is 291 g/mol. The first-order valence-electron chi connectivity index (χ1n) is 6.93. The molecule has 0 bridgehead atoms. The number of nitrogens with zero attached hydrogens (tertiary/aromatic N) is 2. The first-order chi connectivity index (χ1) is 9.49. The molecule has 0 saturated carbocycles. The molecule has 1 aromatic heterocycles. The number of alkyl halides is 2. The molecule has 1 heterocycles. The van der Waals surface area contributed by atoms with Gasteiger partial charge < -0.3 is 15.0 Å². The second kappa shape index (κ2) is 8.97. The monoisotopic (exact) mass is 291 g/mol. The molecule has 1 aromatic rings. The molecular formula is C13H23F2N3O2. The molecule has 0 aromatic carbocycles. The fourth-order valence-corrected chi connectivity index (χ4v) is 1.77. The molecule has 0 saturated heterocycles. The van der Waals surface area contributed by atoms with Gasteiger partial charge in [-0.15, -0.1) is 0 Å². The van der Waals surface area contributed by atoms with Crippen LogP contribution in [0.15, 0.2) is 4.52 Å². The molecule has 1 rings (SSSR count). The summed E-state index contributed by atoms with van der Waals surface area (Å²) < 4.78 is 33.7. The Bertz CT molecular complexity index is 372. The van der Waals surface area contributed by atoms with Crippen LogP contribution in [0.2, 0.25) is 0 Å². The van der Waals surface area contributed by atoms with Crippen LogP contribution < -0.4 is 5.73 Å².